The summed E-state index contributed by atoms with van der Waals surface area (Å²) in [4.78, 5) is 2.33. The third-order valence-electron chi connectivity index (χ3n) is 11.7. The lowest BCUT2D eigenvalue weighted by molar-refractivity contribution is 0.408. The van der Waals surface area contributed by atoms with E-state index >= 15 is 0 Å². The van der Waals surface area contributed by atoms with Crippen molar-refractivity contribution in [2.75, 3.05) is 4.90 Å². The third-order valence-corrected chi connectivity index (χ3v) is 11.7. The first-order valence-corrected chi connectivity index (χ1v) is 20.8. The average Bonchev–Trinajstić information content (AvgIpc) is 3.60. The van der Waals surface area contributed by atoms with E-state index in [0.29, 0.717) is 17.8 Å². The smallest absolute Gasteiger partial charge is 0.0541 e. The molecule has 1 heterocycles. The van der Waals surface area contributed by atoms with Crippen LogP contribution in [-0.2, 0) is 0 Å². The monoisotopic (exact) mass is 750 g/mol. The van der Waals surface area contributed by atoms with Crippen LogP contribution in [-0.4, -0.2) is 4.57 Å². The SMILES string of the molecule is CC(C)CC(c1ccc(-c2ccc3c(c2)c2cc(-c4ccc(N(c5ccccc5)c5ccc(-c6ccccc6)cc5)cc4)ccc2n3-c2ccccc2)cc1)C(C)C. The Morgan fingerprint density at radius 3 is 1.28 bits per heavy atom. The van der Waals surface area contributed by atoms with E-state index < -0.39 is 0 Å². The second kappa shape index (κ2) is 16.1. The topological polar surface area (TPSA) is 8.17 Å². The van der Waals surface area contributed by atoms with Crippen molar-refractivity contribution in [2.45, 2.75) is 40.0 Å². The Labute approximate surface area is 343 Å². The molecule has 0 aliphatic rings. The van der Waals surface area contributed by atoms with E-state index in [1.807, 2.05) is 0 Å². The summed E-state index contributed by atoms with van der Waals surface area (Å²) >= 11 is 0. The second-order valence-corrected chi connectivity index (χ2v) is 16.4. The van der Waals surface area contributed by atoms with E-state index in [-0.39, 0.29) is 0 Å². The van der Waals surface area contributed by atoms with Gasteiger partial charge in [-0.05, 0) is 136 Å². The molecule has 0 saturated heterocycles. The number of anilines is 3. The Morgan fingerprint density at radius 1 is 0.397 bits per heavy atom. The van der Waals surface area contributed by atoms with Gasteiger partial charge in [-0.2, -0.15) is 0 Å². The van der Waals surface area contributed by atoms with Crippen LogP contribution < -0.4 is 4.90 Å². The Kier molecular flexibility index (Phi) is 10.2. The standard InChI is InChI=1S/C56H50N2/c1-39(2)36-52(40(3)4)45-22-20-43(21-23-45)46-28-34-55-53(37-46)54-38-47(29-35-56(54)58(55)49-18-12-7-13-19-49)44-26-32-51(33-27-44)57(48-16-10-6-11-17-48)50-30-24-42(25-31-50)41-14-8-5-9-15-41/h5-35,37-40,52H,36H2,1-4H3. The summed E-state index contributed by atoms with van der Waals surface area (Å²) in [6, 6.07) is 73.1. The van der Waals surface area contributed by atoms with Gasteiger partial charge in [0, 0.05) is 33.5 Å². The fraction of sp³-hybridized carbons (Fsp3) is 0.143. The highest BCUT2D eigenvalue weighted by atomic mass is 15.1. The van der Waals surface area contributed by atoms with Crippen LogP contribution in [0.25, 0.3) is 60.9 Å². The number of hydrogen-bond acceptors (Lipinski definition) is 1. The molecule has 0 aliphatic carbocycles. The van der Waals surface area contributed by atoms with E-state index in [4.69, 9.17) is 0 Å². The van der Waals surface area contributed by atoms with Gasteiger partial charge in [-0.3, -0.25) is 0 Å². The van der Waals surface area contributed by atoms with Crippen LogP contribution in [0, 0.1) is 11.8 Å². The Morgan fingerprint density at radius 2 is 0.793 bits per heavy atom. The van der Waals surface area contributed by atoms with Crippen LogP contribution in [0.3, 0.4) is 0 Å². The number of fused-ring (bicyclic) bond motifs is 3. The van der Waals surface area contributed by atoms with E-state index in [1.165, 1.54) is 72.9 Å². The third kappa shape index (κ3) is 7.35. The molecule has 0 N–H and O–H groups in total. The molecule has 9 aromatic rings. The highest BCUT2D eigenvalue weighted by molar-refractivity contribution is 6.11. The molecule has 0 aliphatic heterocycles. The zero-order valence-corrected chi connectivity index (χ0v) is 33.9. The number of para-hydroxylation sites is 2. The molecule has 2 heteroatoms. The van der Waals surface area contributed by atoms with Gasteiger partial charge >= 0.3 is 0 Å². The summed E-state index contributed by atoms with van der Waals surface area (Å²) in [6.45, 7) is 9.37. The zero-order chi connectivity index (χ0) is 39.6. The summed E-state index contributed by atoms with van der Waals surface area (Å²) in [5.74, 6) is 1.85. The molecule has 284 valence electrons. The van der Waals surface area contributed by atoms with Gasteiger partial charge in [-0.25, -0.2) is 0 Å². The first-order valence-electron chi connectivity index (χ1n) is 20.8. The van der Waals surface area contributed by atoms with Crippen LogP contribution in [0.5, 0.6) is 0 Å². The summed E-state index contributed by atoms with van der Waals surface area (Å²) < 4.78 is 2.41. The minimum absolute atomic E-state index is 0.570. The number of nitrogens with zero attached hydrogens (tertiary/aromatic N) is 2. The van der Waals surface area contributed by atoms with Gasteiger partial charge in [-0.1, -0.05) is 155 Å². The fourth-order valence-electron chi connectivity index (χ4n) is 8.72. The summed E-state index contributed by atoms with van der Waals surface area (Å²) in [7, 11) is 0. The van der Waals surface area contributed by atoms with Crippen molar-refractivity contribution in [2.24, 2.45) is 11.8 Å². The lowest BCUT2D eigenvalue weighted by Crippen LogP contribution is -2.09. The van der Waals surface area contributed by atoms with Crippen LogP contribution in [0.1, 0.15) is 45.6 Å². The fourth-order valence-corrected chi connectivity index (χ4v) is 8.72. The Hall–Kier alpha value is -6.64. The number of benzene rings is 8. The van der Waals surface area contributed by atoms with E-state index in [2.05, 4.69) is 237 Å². The van der Waals surface area contributed by atoms with Gasteiger partial charge in [0.05, 0.1) is 11.0 Å². The van der Waals surface area contributed by atoms with Crippen molar-refractivity contribution in [3.8, 4) is 39.1 Å². The predicted molar refractivity (Wildman–Crippen MR) is 249 cm³/mol. The molecule has 8 aromatic carbocycles. The van der Waals surface area contributed by atoms with Crippen LogP contribution in [0.2, 0.25) is 0 Å². The van der Waals surface area contributed by atoms with Crippen LogP contribution >= 0.6 is 0 Å². The molecule has 1 aromatic heterocycles. The van der Waals surface area contributed by atoms with Gasteiger partial charge in [0.15, 0.2) is 0 Å². The van der Waals surface area contributed by atoms with Crippen LogP contribution in [0.15, 0.2) is 200 Å². The molecule has 0 fully saturated rings. The van der Waals surface area contributed by atoms with Crippen molar-refractivity contribution in [1.29, 1.82) is 0 Å². The number of rotatable bonds is 11. The highest BCUT2D eigenvalue weighted by Crippen LogP contribution is 2.40. The molecule has 0 saturated carbocycles. The lowest BCUT2D eigenvalue weighted by Gasteiger charge is -2.26. The minimum atomic E-state index is 0.570. The first-order chi connectivity index (χ1) is 28.4. The normalized spacial score (nSPS) is 12.1. The van der Waals surface area contributed by atoms with E-state index in [1.54, 1.807) is 0 Å². The molecule has 0 bridgehead atoms. The van der Waals surface area contributed by atoms with Crippen molar-refractivity contribution in [1.82, 2.24) is 4.57 Å². The molecule has 0 radical (unpaired) electrons. The zero-order valence-electron chi connectivity index (χ0n) is 33.9. The largest absolute Gasteiger partial charge is 0.311 e. The Balaban J connectivity index is 1.09. The Bertz CT molecular complexity index is 2760. The quantitative estimate of drug-likeness (QED) is 0.128. The molecule has 58 heavy (non-hydrogen) atoms. The maximum absolute atomic E-state index is 2.41. The second-order valence-electron chi connectivity index (χ2n) is 16.4. The van der Waals surface area contributed by atoms with Crippen molar-refractivity contribution >= 4 is 38.9 Å². The van der Waals surface area contributed by atoms with Crippen molar-refractivity contribution < 1.29 is 0 Å². The number of hydrogen-bond donors (Lipinski definition) is 0. The minimum Gasteiger partial charge on any atom is -0.311 e. The number of aromatic nitrogens is 1. The molecule has 1 atom stereocenters. The van der Waals surface area contributed by atoms with Gasteiger partial charge in [0.1, 0.15) is 0 Å². The molecule has 0 spiro atoms. The molecule has 2 nitrogen and oxygen atoms in total. The maximum Gasteiger partial charge on any atom is 0.0541 e. The van der Waals surface area contributed by atoms with Crippen molar-refractivity contribution in [3.63, 3.8) is 0 Å². The molecule has 0 amide bonds. The molecular weight excluding hydrogens is 701 g/mol. The summed E-state index contributed by atoms with van der Waals surface area (Å²) in [5.41, 5.74) is 15.7. The summed E-state index contributed by atoms with van der Waals surface area (Å²) in [6.07, 6.45) is 1.21. The molecular formula is C56H50N2. The maximum atomic E-state index is 2.41. The van der Waals surface area contributed by atoms with Gasteiger partial charge < -0.3 is 9.47 Å². The van der Waals surface area contributed by atoms with E-state index in [9.17, 15) is 0 Å². The lowest BCUT2D eigenvalue weighted by atomic mass is 9.82. The first kappa shape index (κ1) is 37.0. The van der Waals surface area contributed by atoms with E-state index in [0.717, 1.165) is 17.1 Å². The van der Waals surface area contributed by atoms with Gasteiger partial charge in [-0.15, -0.1) is 0 Å². The average molecular weight is 751 g/mol. The molecule has 9 rings (SSSR count). The molecule has 1 unspecified atom stereocenters. The van der Waals surface area contributed by atoms with Crippen molar-refractivity contribution in [3.05, 3.63) is 206 Å². The predicted octanol–water partition coefficient (Wildman–Crippen LogP) is 16.0. The highest BCUT2D eigenvalue weighted by Gasteiger charge is 2.19. The van der Waals surface area contributed by atoms with Gasteiger partial charge in [0.25, 0.3) is 0 Å². The van der Waals surface area contributed by atoms with Crippen LogP contribution in [0.4, 0.5) is 17.1 Å². The summed E-state index contributed by atoms with van der Waals surface area (Å²) in [5, 5.41) is 2.51. The van der Waals surface area contributed by atoms with Gasteiger partial charge in [0.2, 0.25) is 0 Å².